The number of nitrogens with two attached hydrogens (primary N) is 1. The van der Waals surface area contributed by atoms with Crippen LogP contribution in [0.2, 0.25) is 0 Å². The fraction of sp³-hybridized carbons (Fsp3) is 0.294. The van der Waals surface area contributed by atoms with E-state index in [1.54, 1.807) is 0 Å². The van der Waals surface area contributed by atoms with E-state index in [4.69, 9.17) is 10.5 Å². The molecular formula is C17H19NO. The van der Waals surface area contributed by atoms with Gasteiger partial charge in [-0.2, -0.15) is 0 Å². The Labute approximate surface area is 113 Å². The molecule has 0 saturated carbocycles. The summed E-state index contributed by atoms with van der Waals surface area (Å²) in [6.45, 7) is 0.801. The second-order valence-corrected chi connectivity index (χ2v) is 5.05. The van der Waals surface area contributed by atoms with Gasteiger partial charge >= 0.3 is 0 Å². The first-order valence-corrected chi connectivity index (χ1v) is 6.89. The van der Waals surface area contributed by atoms with Crippen molar-refractivity contribution in [2.45, 2.75) is 25.3 Å². The number of benzene rings is 2. The van der Waals surface area contributed by atoms with Crippen LogP contribution in [0.5, 0.6) is 0 Å². The fourth-order valence-electron chi connectivity index (χ4n) is 2.64. The summed E-state index contributed by atoms with van der Waals surface area (Å²) in [5.74, 6) is 0.958. The number of allylic oxidation sites excluding steroid dienone is 1. The van der Waals surface area contributed by atoms with Crippen LogP contribution in [-0.4, -0.2) is 12.6 Å². The van der Waals surface area contributed by atoms with Crippen molar-refractivity contribution in [3.05, 3.63) is 59.9 Å². The van der Waals surface area contributed by atoms with Gasteiger partial charge in [-0.05, 0) is 41.7 Å². The van der Waals surface area contributed by atoms with Gasteiger partial charge in [0.05, 0.1) is 12.6 Å². The van der Waals surface area contributed by atoms with E-state index >= 15 is 0 Å². The monoisotopic (exact) mass is 253 g/mol. The lowest BCUT2D eigenvalue weighted by Crippen LogP contribution is -2.28. The molecule has 0 saturated heterocycles. The summed E-state index contributed by atoms with van der Waals surface area (Å²) < 4.78 is 5.66. The fourth-order valence-corrected chi connectivity index (χ4v) is 2.64. The third kappa shape index (κ3) is 2.64. The summed E-state index contributed by atoms with van der Waals surface area (Å²) >= 11 is 0. The van der Waals surface area contributed by atoms with Crippen LogP contribution in [0.1, 0.15) is 18.4 Å². The minimum Gasteiger partial charge on any atom is -0.497 e. The molecular weight excluding hydrogens is 234 g/mol. The lowest BCUT2D eigenvalue weighted by atomic mass is 9.97. The smallest absolute Gasteiger partial charge is 0.109 e. The van der Waals surface area contributed by atoms with Gasteiger partial charge < -0.3 is 10.5 Å². The third-order valence-corrected chi connectivity index (χ3v) is 3.65. The molecule has 1 heterocycles. The van der Waals surface area contributed by atoms with Crippen molar-refractivity contribution < 1.29 is 4.74 Å². The van der Waals surface area contributed by atoms with Crippen molar-refractivity contribution in [3.63, 3.8) is 0 Å². The number of hydrogen-bond donors (Lipinski definition) is 1. The molecule has 0 aromatic heterocycles. The standard InChI is InChI=1S/C17H19NO/c18-16(17-10-3-4-11-19-17)12-14-8-5-7-13-6-1-2-9-15(13)14/h1-2,5-10,16H,3-4,11-12,18H2. The van der Waals surface area contributed by atoms with Crippen molar-refractivity contribution in [2.75, 3.05) is 6.61 Å². The first kappa shape index (κ1) is 12.2. The van der Waals surface area contributed by atoms with Crippen molar-refractivity contribution in [1.29, 1.82) is 0 Å². The Kier molecular flexibility index (Phi) is 3.51. The van der Waals surface area contributed by atoms with Crippen LogP contribution in [-0.2, 0) is 11.2 Å². The molecule has 1 aliphatic rings. The first-order chi connectivity index (χ1) is 9.34. The predicted molar refractivity (Wildman–Crippen MR) is 78.9 cm³/mol. The quantitative estimate of drug-likeness (QED) is 0.909. The highest BCUT2D eigenvalue weighted by Crippen LogP contribution is 2.22. The first-order valence-electron chi connectivity index (χ1n) is 6.89. The van der Waals surface area contributed by atoms with Crippen LogP contribution in [0.4, 0.5) is 0 Å². The van der Waals surface area contributed by atoms with Crippen LogP contribution in [0.3, 0.4) is 0 Å². The van der Waals surface area contributed by atoms with Crippen LogP contribution in [0.15, 0.2) is 54.3 Å². The molecule has 1 unspecified atom stereocenters. The molecule has 1 atom stereocenters. The second kappa shape index (κ2) is 5.45. The molecule has 98 valence electrons. The summed E-state index contributed by atoms with van der Waals surface area (Å²) in [5, 5.41) is 2.56. The summed E-state index contributed by atoms with van der Waals surface area (Å²) in [7, 11) is 0. The van der Waals surface area contributed by atoms with E-state index < -0.39 is 0 Å². The maximum atomic E-state index is 6.28. The molecule has 0 spiro atoms. The number of hydrogen-bond acceptors (Lipinski definition) is 2. The molecule has 0 fully saturated rings. The van der Waals surface area contributed by atoms with E-state index in [0.29, 0.717) is 0 Å². The van der Waals surface area contributed by atoms with Crippen LogP contribution >= 0.6 is 0 Å². The average Bonchev–Trinajstić information content (AvgIpc) is 2.48. The lowest BCUT2D eigenvalue weighted by Gasteiger charge is -2.21. The molecule has 2 aromatic rings. The van der Waals surface area contributed by atoms with Gasteiger partial charge in [-0.3, -0.25) is 0 Å². The molecule has 2 heteroatoms. The van der Waals surface area contributed by atoms with Crippen molar-refractivity contribution >= 4 is 10.8 Å². The molecule has 0 aliphatic carbocycles. The van der Waals surface area contributed by atoms with Gasteiger partial charge in [-0.1, -0.05) is 42.5 Å². The molecule has 19 heavy (non-hydrogen) atoms. The highest BCUT2D eigenvalue weighted by atomic mass is 16.5. The van der Waals surface area contributed by atoms with E-state index in [2.05, 4.69) is 48.5 Å². The zero-order valence-corrected chi connectivity index (χ0v) is 11.0. The minimum absolute atomic E-state index is 0.0360. The van der Waals surface area contributed by atoms with E-state index in [1.165, 1.54) is 16.3 Å². The molecule has 1 aliphatic heterocycles. The summed E-state index contributed by atoms with van der Waals surface area (Å²) in [4.78, 5) is 0. The van der Waals surface area contributed by atoms with Gasteiger partial charge in [-0.25, -0.2) is 0 Å². The topological polar surface area (TPSA) is 35.2 Å². The maximum absolute atomic E-state index is 6.28. The van der Waals surface area contributed by atoms with Crippen molar-refractivity contribution in [1.82, 2.24) is 0 Å². The lowest BCUT2D eigenvalue weighted by molar-refractivity contribution is 0.175. The predicted octanol–water partition coefficient (Wildman–Crippen LogP) is 3.40. The van der Waals surface area contributed by atoms with Gasteiger partial charge in [-0.15, -0.1) is 0 Å². The Morgan fingerprint density at radius 3 is 2.79 bits per heavy atom. The van der Waals surface area contributed by atoms with Crippen LogP contribution in [0.25, 0.3) is 10.8 Å². The summed E-state index contributed by atoms with van der Waals surface area (Å²) in [5.41, 5.74) is 7.57. The van der Waals surface area contributed by atoms with Gasteiger partial charge in [0.15, 0.2) is 0 Å². The zero-order valence-electron chi connectivity index (χ0n) is 11.0. The normalized spacial score (nSPS) is 16.8. The summed E-state index contributed by atoms with van der Waals surface area (Å²) in [6, 6.07) is 14.8. The van der Waals surface area contributed by atoms with Gasteiger partial charge in [0.2, 0.25) is 0 Å². The molecule has 3 rings (SSSR count). The second-order valence-electron chi connectivity index (χ2n) is 5.05. The van der Waals surface area contributed by atoms with Crippen molar-refractivity contribution in [2.24, 2.45) is 5.73 Å². The molecule has 2 nitrogen and oxygen atoms in total. The summed E-state index contributed by atoms with van der Waals surface area (Å²) in [6.07, 6.45) is 5.15. The number of rotatable bonds is 3. The third-order valence-electron chi connectivity index (χ3n) is 3.65. The highest BCUT2D eigenvalue weighted by Gasteiger charge is 2.15. The molecule has 2 aromatic carbocycles. The van der Waals surface area contributed by atoms with E-state index in [1.807, 2.05) is 0 Å². The van der Waals surface area contributed by atoms with Gasteiger partial charge in [0, 0.05) is 0 Å². The molecule has 2 N–H and O–H groups in total. The van der Waals surface area contributed by atoms with Crippen LogP contribution in [0, 0.1) is 0 Å². The Bertz CT molecular complexity index is 598. The Balaban J connectivity index is 1.87. The number of ether oxygens (including phenoxy) is 1. The van der Waals surface area contributed by atoms with E-state index in [9.17, 15) is 0 Å². The zero-order chi connectivity index (χ0) is 13.1. The van der Waals surface area contributed by atoms with Crippen molar-refractivity contribution in [3.8, 4) is 0 Å². The van der Waals surface area contributed by atoms with Gasteiger partial charge in [0.1, 0.15) is 5.76 Å². The maximum Gasteiger partial charge on any atom is 0.109 e. The van der Waals surface area contributed by atoms with Crippen LogP contribution < -0.4 is 5.73 Å². The SMILES string of the molecule is NC(Cc1cccc2ccccc12)C1=CCCCO1. The molecule has 0 bridgehead atoms. The minimum atomic E-state index is -0.0360. The Morgan fingerprint density at radius 2 is 1.95 bits per heavy atom. The molecule has 0 amide bonds. The average molecular weight is 253 g/mol. The highest BCUT2D eigenvalue weighted by molar-refractivity contribution is 5.85. The number of fused-ring (bicyclic) bond motifs is 1. The Morgan fingerprint density at radius 1 is 1.11 bits per heavy atom. The van der Waals surface area contributed by atoms with E-state index in [0.717, 1.165) is 31.6 Å². The van der Waals surface area contributed by atoms with E-state index in [-0.39, 0.29) is 6.04 Å². The molecule has 0 radical (unpaired) electrons. The van der Waals surface area contributed by atoms with Gasteiger partial charge in [0.25, 0.3) is 0 Å². The largest absolute Gasteiger partial charge is 0.497 e. The Hall–Kier alpha value is -1.80.